The van der Waals surface area contributed by atoms with Gasteiger partial charge in [-0.2, -0.15) is 0 Å². The Kier molecular flexibility index (Phi) is 4.99. The quantitative estimate of drug-likeness (QED) is 0.920. The van der Waals surface area contributed by atoms with Gasteiger partial charge >= 0.3 is 0 Å². The summed E-state index contributed by atoms with van der Waals surface area (Å²) >= 11 is 6.00. The monoisotopic (exact) mass is 283 g/mol. The maximum Gasteiger partial charge on any atom is 0.225 e. The Balaban J connectivity index is 2.85. The lowest BCUT2D eigenvalue weighted by atomic mass is 9.93. The molecular formula is C15H22ClNO2. The normalized spacial score (nSPS) is 14.8. The molecule has 0 heterocycles. The highest BCUT2D eigenvalue weighted by atomic mass is 35.5. The number of benzene rings is 1. The van der Waals surface area contributed by atoms with Crippen molar-refractivity contribution in [2.45, 2.75) is 33.3 Å². The number of rotatable bonds is 4. The molecule has 106 valence electrons. The average Bonchev–Trinajstić information content (AvgIpc) is 2.34. The second kappa shape index (κ2) is 5.93. The first-order valence-corrected chi connectivity index (χ1v) is 6.66. The first kappa shape index (κ1) is 16.0. The molecule has 1 unspecified atom stereocenters. The number of halogens is 1. The third-order valence-electron chi connectivity index (χ3n) is 3.15. The number of methoxy groups -OCH3 is 1. The molecule has 1 amide bonds. The predicted octanol–water partition coefficient (Wildman–Crippen LogP) is 3.36. The van der Waals surface area contributed by atoms with E-state index in [0.717, 1.165) is 5.56 Å². The molecule has 19 heavy (non-hydrogen) atoms. The van der Waals surface area contributed by atoms with Gasteiger partial charge in [0.1, 0.15) is 5.60 Å². The molecule has 0 aliphatic rings. The van der Waals surface area contributed by atoms with E-state index >= 15 is 0 Å². The molecule has 1 aromatic carbocycles. The average molecular weight is 284 g/mol. The van der Waals surface area contributed by atoms with E-state index in [1.807, 2.05) is 52.0 Å². The number of nitrogens with one attached hydrogen (secondary N) is 1. The van der Waals surface area contributed by atoms with E-state index in [4.69, 9.17) is 16.3 Å². The van der Waals surface area contributed by atoms with Gasteiger partial charge in [-0.3, -0.25) is 4.79 Å². The molecular weight excluding hydrogens is 262 g/mol. The van der Waals surface area contributed by atoms with E-state index in [1.54, 1.807) is 7.11 Å². The van der Waals surface area contributed by atoms with Gasteiger partial charge in [0.15, 0.2) is 0 Å². The highest BCUT2D eigenvalue weighted by Crippen LogP contribution is 2.26. The SMILES string of the molecule is COC(C)(CNC(=O)C(C)(C)C)c1cccc(Cl)c1. The van der Waals surface area contributed by atoms with Crippen molar-refractivity contribution in [1.82, 2.24) is 5.32 Å². The Morgan fingerprint density at radius 2 is 1.95 bits per heavy atom. The van der Waals surface area contributed by atoms with Crippen molar-refractivity contribution in [2.75, 3.05) is 13.7 Å². The summed E-state index contributed by atoms with van der Waals surface area (Å²) in [6, 6.07) is 7.49. The molecule has 0 spiro atoms. The van der Waals surface area contributed by atoms with E-state index in [9.17, 15) is 4.79 Å². The lowest BCUT2D eigenvalue weighted by Gasteiger charge is -2.30. The third-order valence-corrected chi connectivity index (χ3v) is 3.39. The summed E-state index contributed by atoms with van der Waals surface area (Å²) in [6.45, 7) is 7.98. The summed E-state index contributed by atoms with van der Waals surface area (Å²) in [6.07, 6.45) is 0. The molecule has 1 atom stereocenters. The van der Waals surface area contributed by atoms with Crippen LogP contribution in [0.4, 0.5) is 0 Å². The fraction of sp³-hybridized carbons (Fsp3) is 0.533. The van der Waals surface area contributed by atoms with Crippen LogP contribution in [0.1, 0.15) is 33.3 Å². The summed E-state index contributed by atoms with van der Waals surface area (Å²) in [5, 5.41) is 3.58. The molecule has 1 rings (SSSR count). The molecule has 0 saturated heterocycles. The van der Waals surface area contributed by atoms with E-state index in [1.165, 1.54) is 0 Å². The Labute approximate surface area is 120 Å². The number of ether oxygens (including phenoxy) is 1. The van der Waals surface area contributed by atoms with E-state index in [2.05, 4.69) is 5.32 Å². The minimum Gasteiger partial charge on any atom is -0.372 e. The van der Waals surface area contributed by atoms with Crippen LogP contribution in [0.25, 0.3) is 0 Å². The van der Waals surface area contributed by atoms with Crippen molar-refractivity contribution in [1.29, 1.82) is 0 Å². The molecule has 0 aliphatic carbocycles. The number of hydrogen-bond acceptors (Lipinski definition) is 2. The lowest BCUT2D eigenvalue weighted by molar-refractivity contribution is -0.130. The zero-order valence-electron chi connectivity index (χ0n) is 12.2. The first-order chi connectivity index (χ1) is 8.69. The molecule has 0 bridgehead atoms. The van der Waals surface area contributed by atoms with Gasteiger partial charge < -0.3 is 10.1 Å². The summed E-state index contributed by atoms with van der Waals surface area (Å²) in [5.74, 6) is -0.00203. The van der Waals surface area contributed by atoms with Crippen LogP contribution >= 0.6 is 11.6 Å². The molecule has 0 fully saturated rings. The molecule has 4 heteroatoms. The minimum absolute atomic E-state index is 0.00203. The molecule has 1 aromatic rings. The number of amides is 1. The van der Waals surface area contributed by atoms with Crippen molar-refractivity contribution >= 4 is 17.5 Å². The van der Waals surface area contributed by atoms with Gasteiger partial charge in [0.05, 0.1) is 6.54 Å². The second-order valence-corrected chi connectivity index (χ2v) is 6.31. The van der Waals surface area contributed by atoms with Gasteiger partial charge in [-0.15, -0.1) is 0 Å². The smallest absolute Gasteiger partial charge is 0.225 e. The van der Waals surface area contributed by atoms with Crippen molar-refractivity contribution in [3.63, 3.8) is 0 Å². The van der Waals surface area contributed by atoms with Crippen LogP contribution in [-0.4, -0.2) is 19.6 Å². The highest BCUT2D eigenvalue weighted by Gasteiger charge is 2.29. The standard InChI is InChI=1S/C15H22ClNO2/c1-14(2,3)13(18)17-10-15(4,19-5)11-7-6-8-12(16)9-11/h6-9H,10H2,1-5H3,(H,17,18). The van der Waals surface area contributed by atoms with E-state index < -0.39 is 11.0 Å². The summed E-state index contributed by atoms with van der Waals surface area (Å²) < 4.78 is 5.57. The fourth-order valence-electron chi connectivity index (χ4n) is 1.62. The number of carbonyl (C=O) groups excluding carboxylic acids is 1. The van der Waals surface area contributed by atoms with Crippen LogP contribution in [0.3, 0.4) is 0 Å². The Bertz CT molecular complexity index is 454. The van der Waals surface area contributed by atoms with Gasteiger partial charge in [-0.25, -0.2) is 0 Å². The van der Waals surface area contributed by atoms with Crippen LogP contribution in [0.2, 0.25) is 5.02 Å². The van der Waals surface area contributed by atoms with Gasteiger partial charge in [-0.05, 0) is 24.6 Å². The zero-order chi connectivity index (χ0) is 14.7. The van der Waals surface area contributed by atoms with Crippen LogP contribution < -0.4 is 5.32 Å². The zero-order valence-corrected chi connectivity index (χ0v) is 13.0. The second-order valence-electron chi connectivity index (χ2n) is 5.88. The molecule has 0 aliphatic heterocycles. The predicted molar refractivity (Wildman–Crippen MR) is 78.3 cm³/mol. The van der Waals surface area contributed by atoms with Crippen molar-refractivity contribution < 1.29 is 9.53 Å². The Morgan fingerprint density at radius 1 is 1.32 bits per heavy atom. The molecule has 0 radical (unpaired) electrons. The summed E-state index contributed by atoms with van der Waals surface area (Å²) in [4.78, 5) is 11.9. The van der Waals surface area contributed by atoms with E-state index in [0.29, 0.717) is 11.6 Å². The van der Waals surface area contributed by atoms with Gasteiger partial charge in [0.2, 0.25) is 5.91 Å². The maximum absolute atomic E-state index is 11.9. The fourth-order valence-corrected chi connectivity index (χ4v) is 1.81. The Hall–Kier alpha value is -1.06. The van der Waals surface area contributed by atoms with Crippen molar-refractivity contribution in [2.24, 2.45) is 5.41 Å². The molecule has 3 nitrogen and oxygen atoms in total. The van der Waals surface area contributed by atoms with Gasteiger partial charge in [0, 0.05) is 17.5 Å². The maximum atomic E-state index is 11.9. The molecule has 1 N–H and O–H groups in total. The first-order valence-electron chi connectivity index (χ1n) is 6.28. The van der Waals surface area contributed by atoms with E-state index in [-0.39, 0.29) is 5.91 Å². The summed E-state index contributed by atoms with van der Waals surface area (Å²) in [7, 11) is 1.63. The lowest BCUT2D eigenvalue weighted by Crippen LogP contribution is -2.44. The minimum atomic E-state index is -0.591. The summed E-state index contributed by atoms with van der Waals surface area (Å²) in [5.41, 5.74) is -0.0638. The van der Waals surface area contributed by atoms with Gasteiger partial charge in [-0.1, -0.05) is 44.5 Å². The molecule has 0 aromatic heterocycles. The Morgan fingerprint density at radius 3 is 2.42 bits per heavy atom. The van der Waals surface area contributed by atoms with Crippen LogP contribution in [-0.2, 0) is 15.1 Å². The topological polar surface area (TPSA) is 38.3 Å². The largest absolute Gasteiger partial charge is 0.372 e. The highest BCUT2D eigenvalue weighted by molar-refractivity contribution is 6.30. The third kappa shape index (κ3) is 4.22. The van der Waals surface area contributed by atoms with Crippen molar-refractivity contribution in [3.8, 4) is 0 Å². The number of hydrogen-bond donors (Lipinski definition) is 1. The van der Waals surface area contributed by atoms with Gasteiger partial charge in [0.25, 0.3) is 0 Å². The molecule has 0 saturated carbocycles. The van der Waals surface area contributed by atoms with Crippen LogP contribution in [0.5, 0.6) is 0 Å². The van der Waals surface area contributed by atoms with Crippen LogP contribution in [0, 0.1) is 5.41 Å². The van der Waals surface area contributed by atoms with Crippen molar-refractivity contribution in [3.05, 3.63) is 34.9 Å². The number of carbonyl (C=O) groups is 1. The van der Waals surface area contributed by atoms with Crippen LogP contribution in [0.15, 0.2) is 24.3 Å².